The molecule has 0 aromatic carbocycles. The zero-order valence-electron chi connectivity index (χ0n) is 16.0. The molecule has 1 fully saturated rings. The lowest BCUT2D eigenvalue weighted by molar-refractivity contribution is -0.116. The van der Waals surface area contributed by atoms with Gasteiger partial charge in [-0.1, -0.05) is 20.8 Å². The van der Waals surface area contributed by atoms with Crippen LogP contribution in [0.5, 0.6) is 0 Å². The molecule has 2 aromatic rings. The van der Waals surface area contributed by atoms with Gasteiger partial charge in [0.05, 0.1) is 17.9 Å². The van der Waals surface area contributed by atoms with Gasteiger partial charge in [-0.25, -0.2) is 4.68 Å². The fraction of sp³-hybridized carbons (Fsp3) is 0.632. The maximum absolute atomic E-state index is 12.4. The van der Waals surface area contributed by atoms with E-state index in [1.54, 1.807) is 0 Å². The summed E-state index contributed by atoms with van der Waals surface area (Å²) in [7, 11) is 2.15. The van der Waals surface area contributed by atoms with Crippen LogP contribution in [-0.2, 0) is 10.2 Å². The average Bonchev–Trinajstić information content (AvgIpc) is 3.21. The largest absolute Gasteiger partial charge is 0.311 e. The number of rotatable bonds is 2. The number of amides is 1. The third-order valence-corrected chi connectivity index (χ3v) is 5.62. The van der Waals surface area contributed by atoms with Crippen molar-refractivity contribution in [2.45, 2.75) is 57.4 Å². The van der Waals surface area contributed by atoms with Crippen LogP contribution in [0.15, 0.2) is 12.3 Å². The van der Waals surface area contributed by atoms with Crippen LogP contribution in [0.4, 0.5) is 5.82 Å². The molecular weight excluding hydrogens is 328 g/mol. The second-order valence-electron chi connectivity index (χ2n) is 8.69. The lowest BCUT2D eigenvalue weighted by Crippen LogP contribution is -2.33. The van der Waals surface area contributed by atoms with Crippen LogP contribution in [0.25, 0.3) is 0 Å². The molecule has 7 heteroatoms. The maximum atomic E-state index is 12.4. The van der Waals surface area contributed by atoms with Crippen molar-refractivity contribution in [1.82, 2.24) is 24.9 Å². The zero-order valence-corrected chi connectivity index (χ0v) is 16.0. The molecule has 1 atom stereocenters. The Balaban J connectivity index is 1.66. The molecule has 0 saturated carbocycles. The smallest absolute Gasteiger partial charge is 0.226 e. The minimum absolute atomic E-state index is 0.0117. The van der Waals surface area contributed by atoms with E-state index in [1.165, 1.54) is 0 Å². The highest BCUT2D eigenvalue weighted by molar-refractivity contribution is 5.94. The van der Waals surface area contributed by atoms with Gasteiger partial charge in [0, 0.05) is 29.0 Å². The number of aromatic nitrogens is 4. The van der Waals surface area contributed by atoms with Crippen molar-refractivity contribution in [3.05, 3.63) is 29.2 Å². The molecule has 2 aromatic heterocycles. The molecule has 0 radical (unpaired) electrons. The summed E-state index contributed by atoms with van der Waals surface area (Å²) >= 11 is 0. The highest BCUT2D eigenvalue weighted by Gasteiger charge is 2.34. The molecule has 7 nitrogen and oxygen atoms in total. The van der Waals surface area contributed by atoms with Gasteiger partial charge in [0.25, 0.3) is 0 Å². The summed E-state index contributed by atoms with van der Waals surface area (Å²) in [6, 6.07) is 2.45. The molecule has 1 amide bonds. The molecule has 4 heterocycles. The van der Waals surface area contributed by atoms with Gasteiger partial charge in [-0.3, -0.25) is 9.89 Å². The highest BCUT2D eigenvalue weighted by atomic mass is 16.1. The molecule has 1 saturated heterocycles. The van der Waals surface area contributed by atoms with Gasteiger partial charge in [0.1, 0.15) is 5.82 Å². The molecule has 0 aliphatic carbocycles. The van der Waals surface area contributed by atoms with Crippen LogP contribution in [0.2, 0.25) is 0 Å². The van der Waals surface area contributed by atoms with Gasteiger partial charge in [-0.15, -0.1) is 0 Å². The SMILES string of the molecule is CN1CCC(n2ncc3c2NC(=O)CC3c2cc(C(C)(C)C)n[nH]2)CC1. The van der Waals surface area contributed by atoms with Gasteiger partial charge in [0.15, 0.2) is 0 Å². The number of carbonyl (C=O) groups excluding carboxylic acids is 1. The van der Waals surface area contributed by atoms with Gasteiger partial charge in [-0.05, 0) is 39.0 Å². The van der Waals surface area contributed by atoms with Crippen LogP contribution < -0.4 is 5.32 Å². The Morgan fingerprint density at radius 1 is 1.23 bits per heavy atom. The van der Waals surface area contributed by atoms with Gasteiger partial charge >= 0.3 is 0 Å². The Bertz CT molecular complexity index is 806. The molecule has 1 unspecified atom stereocenters. The molecular formula is C19H28N6O. The third-order valence-electron chi connectivity index (χ3n) is 5.62. The first-order chi connectivity index (χ1) is 12.3. The Morgan fingerprint density at radius 2 is 1.96 bits per heavy atom. The Hall–Kier alpha value is -2.15. The number of aromatic amines is 1. The monoisotopic (exact) mass is 356 g/mol. The summed E-state index contributed by atoms with van der Waals surface area (Å²) in [4.78, 5) is 14.7. The molecule has 4 rings (SSSR count). The first-order valence-corrected chi connectivity index (χ1v) is 9.44. The predicted octanol–water partition coefficient (Wildman–Crippen LogP) is 2.64. The summed E-state index contributed by atoms with van der Waals surface area (Å²) in [5.41, 5.74) is 3.08. The Labute approximate surface area is 154 Å². The number of anilines is 1. The van der Waals surface area contributed by atoms with E-state index in [2.05, 4.69) is 59.4 Å². The zero-order chi connectivity index (χ0) is 18.5. The quantitative estimate of drug-likeness (QED) is 0.867. The van der Waals surface area contributed by atoms with Crippen molar-refractivity contribution in [2.75, 3.05) is 25.5 Å². The highest BCUT2D eigenvalue weighted by Crippen LogP contribution is 2.39. The van der Waals surface area contributed by atoms with E-state index < -0.39 is 0 Å². The fourth-order valence-corrected chi connectivity index (χ4v) is 3.93. The van der Waals surface area contributed by atoms with E-state index >= 15 is 0 Å². The second kappa shape index (κ2) is 6.23. The number of hydrogen-bond acceptors (Lipinski definition) is 4. The number of nitrogens with one attached hydrogen (secondary N) is 2. The average molecular weight is 356 g/mol. The van der Waals surface area contributed by atoms with E-state index in [9.17, 15) is 4.79 Å². The number of carbonyl (C=O) groups is 1. The summed E-state index contributed by atoms with van der Waals surface area (Å²) in [6.45, 7) is 8.55. The molecule has 140 valence electrons. The first kappa shape index (κ1) is 17.3. The van der Waals surface area contributed by atoms with Crippen LogP contribution >= 0.6 is 0 Å². The summed E-state index contributed by atoms with van der Waals surface area (Å²) in [5, 5.41) is 15.4. The number of piperidine rings is 1. The summed E-state index contributed by atoms with van der Waals surface area (Å²) in [6.07, 6.45) is 4.47. The number of H-pyrrole nitrogens is 1. The first-order valence-electron chi connectivity index (χ1n) is 9.44. The van der Waals surface area contributed by atoms with Gasteiger partial charge < -0.3 is 10.2 Å². The van der Waals surface area contributed by atoms with E-state index in [-0.39, 0.29) is 17.2 Å². The van der Waals surface area contributed by atoms with Crippen LogP contribution in [0, 0.1) is 0 Å². The van der Waals surface area contributed by atoms with Crippen molar-refractivity contribution in [3.8, 4) is 0 Å². The minimum Gasteiger partial charge on any atom is -0.311 e. The minimum atomic E-state index is -0.0210. The standard InChI is InChI=1S/C19H28N6O/c1-19(2,3)16-10-15(22-23-16)13-9-17(26)21-18-14(13)11-20-25(18)12-5-7-24(4)8-6-12/h10-13H,5-9H2,1-4H3,(H,21,26)(H,22,23). The second-order valence-corrected chi connectivity index (χ2v) is 8.69. The lowest BCUT2D eigenvalue weighted by Gasteiger charge is -2.31. The van der Waals surface area contributed by atoms with E-state index in [4.69, 9.17) is 0 Å². The van der Waals surface area contributed by atoms with Crippen molar-refractivity contribution < 1.29 is 4.79 Å². The van der Waals surface area contributed by atoms with Crippen molar-refractivity contribution in [1.29, 1.82) is 0 Å². The number of fused-ring (bicyclic) bond motifs is 1. The molecule has 0 bridgehead atoms. The van der Waals surface area contributed by atoms with Crippen LogP contribution in [0.3, 0.4) is 0 Å². The summed E-state index contributed by atoms with van der Waals surface area (Å²) in [5.74, 6) is 0.902. The maximum Gasteiger partial charge on any atom is 0.226 e. The Morgan fingerprint density at radius 3 is 2.62 bits per heavy atom. The van der Waals surface area contributed by atoms with Crippen LogP contribution in [-0.4, -0.2) is 50.9 Å². The normalized spacial score (nSPS) is 22.3. The number of likely N-dealkylation sites (tertiary alicyclic amines) is 1. The lowest BCUT2D eigenvalue weighted by atomic mass is 9.88. The number of hydrogen-bond donors (Lipinski definition) is 2. The van der Waals surface area contributed by atoms with E-state index in [1.807, 2.05) is 10.9 Å². The molecule has 2 aliphatic heterocycles. The third kappa shape index (κ3) is 3.05. The van der Waals surface area contributed by atoms with Crippen LogP contribution in [0.1, 0.15) is 68.9 Å². The molecule has 26 heavy (non-hydrogen) atoms. The molecule has 2 N–H and O–H groups in total. The van der Waals surface area contributed by atoms with Crippen molar-refractivity contribution >= 4 is 11.7 Å². The van der Waals surface area contributed by atoms with E-state index in [0.717, 1.165) is 48.7 Å². The molecule has 0 spiro atoms. The van der Waals surface area contributed by atoms with E-state index in [0.29, 0.717) is 12.5 Å². The number of nitrogens with zero attached hydrogens (tertiary/aromatic N) is 4. The van der Waals surface area contributed by atoms with Crippen molar-refractivity contribution in [2.24, 2.45) is 0 Å². The Kier molecular flexibility index (Phi) is 4.14. The van der Waals surface area contributed by atoms with Gasteiger partial charge in [-0.2, -0.15) is 10.2 Å². The summed E-state index contributed by atoms with van der Waals surface area (Å²) < 4.78 is 2.04. The topological polar surface area (TPSA) is 78.8 Å². The van der Waals surface area contributed by atoms with Crippen molar-refractivity contribution in [3.63, 3.8) is 0 Å². The molecule has 2 aliphatic rings. The fourth-order valence-electron chi connectivity index (χ4n) is 3.93. The van der Waals surface area contributed by atoms with Gasteiger partial charge in [0.2, 0.25) is 5.91 Å². The predicted molar refractivity (Wildman–Crippen MR) is 100 cm³/mol.